The maximum absolute atomic E-state index is 13.5. The summed E-state index contributed by atoms with van der Waals surface area (Å²) in [7, 11) is 0. The molecule has 0 heterocycles. The van der Waals surface area contributed by atoms with Gasteiger partial charge in [-0.05, 0) is 49.3 Å². The first-order chi connectivity index (χ1) is 20.8. The van der Waals surface area contributed by atoms with Crippen molar-refractivity contribution in [3.8, 4) is 0 Å². The smallest absolute Gasteiger partial charge is 0.312 e. The molecule has 0 saturated heterocycles. The Kier molecular flexibility index (Phi) is 18.0. The number of rotatable bonds is 21. The molecule has 0 aliphatic carbocycles. The molecule has 44 heavy (non-hydrogen) atoms. The summed E-state index contributed by atoms with van der Waals surface area (Å²) in [5, 5.41) is 14.0. The average molecular weight is 731 g/mol. The molecular weight excluding hydrogens is 683 g/mol. The van der Waals surface area contributed by atoms with Crippen molar-refractivity contribution in [2.75, 3.05) is 29.4 Å². The number of ether oxygens (including phenoxy) is 1. The van der Waals surface area contributed by atoms with Crippen molar-refractivity contribution in [1.82, 2.24) is 21.3 Å². The Hall–Kier alpha value is -3.43. The van der Waals surface area contributed by atoms with Gasteiger partial charge in [0.1, 0.15) is 24.5 Å². The lowest BCUT2D eigenvalue weighted by Gasteiger charge is -2.33. The van der Waals surface area contributed by atoms with E-state index in [2.05, 4.69) is 26.6 Å². The maximum atomic E-state index is 13.5. The van der Waals surface area contributed by atoms with Crippen molar-refractivity contribution in [1.29, 1.82) is 0 Å². The third kappa shape index (κ3) is 15.3. The lowest BCUT2D eigenvalue weighted by molar-refractivity contribution is -0.148. The third-order valence-electron chi connectivity index (χ3n) is 6.65. The standard InChI is InChI=1S/C30H47IN6O7/c1-20(2)26(36-24(39)8-5-6-14-33-25(40)16-31)27(41)37-30(19-38,13-7-15-34-29(32)43)18-35-23-11-9-22(10-12-23)17-44-28(42)21(3)4/h9-12,19-21,26,35H,5-8,13-18H2,1-4H3,(H,33,40)(H,36,39)(H,37,41)(H3,32,34,43). The number of esters is 1. The fourth-order valence-corrected chi connectivity index (χ4v) is 4.30. The summed E-state index contributed by atoms with van der Waals surface area (Å²) in [6, 6.07) is 5.53. The van der Waals surface area contributed by atoms with Crippen molar-refractivity contribution >= 4 is 64.3 Å². The lowest BCUT2D eigenvalue weighted by Crippen LogP contribution is -2.60. The first kappa shape index (κ1) is 38.6. The van der Waals surface area contributed by atoms with Gasteiger partial charge in [0.2, 0.25) is 17.7 Å². The number of carbonyl (C=O) groups excluding carboxylic acids is 6. The Morgan fingerprint density at radius 2 is 1.61 bits per heavy atom. The van der Waals surface area contributed by atoms with E-state index in [4.69, 9.17) is 10.5 Å². The Labute approximate surface area is 273 Å². The molecular formula is C30H47IN6O7. The van der Waals surface area contributed by atoms with E-state index >= 15 is 0 Å². The van der Waals surface area contributed by atoms with Crippen LogP contribution in [0.2, 0.25) is 0 Å². The van der Waals surface area contributed by atoms with Gasteiger partial charge in [-0.15, -0.1) is 0 Å². The summed E-state index contributed by atoms with van der Waals surface area (Å²) in [4.78, 5) is 72.8. The minimum Gasteiger partial charge on any atom is -0.461 e. The molecule has 14 heteroatoms. The summed E-state index contributed by atoms with van der Waals surface area (Å²) in [6.07, 6.45) is 2.52. The van der Waals surface area contributed by atoms with Crippen LogP contribution in [0.25, 0.3) is 0 Å². The molecule has 13 nitrogen and oxygen atoms in total. The van der Waals surface area contributed by atoms with E-state index < -0.39 is 23.5 Å². The molecule has 5 amide bonds. The van der Waals surface area contributed by atoms with Gasteiger partial charge in [-0.2, -0.15) is 0 Å². The second-order valence-electron chi connectivity index (χ2n) is 11.2. The van der Waals surface area contributed by atoms with Gasteiger partial charge in [0, 0.05) is 31.7 Å². The lowest BCUT2D eigenvalue weighted by atomic mass is 9.92. The Morgan fingerprint density at radius 3 is 2.18 bits per heavy atom. The predicted octanol–water partition coefficient (Wildman–Crippen LogP) is 2.16. The van der Waals surface area contributed by atoms with Crippen LogP contribution in [-0.2, 0) is 35.3 Å². The molecule has 246 valence electrons. The number of hydrogen-bond donors (Lipinski definition) is 6. The van der Waals surface area contributed by atoms with Crippen LogP contribution in [0.3, 0.4) is 0 Å². The number of hydrogen-bond acceptors (Lipinski definition) is 8. The molecule has 0 saturated carbocycles. The van der Waals surface area contributed by atoms with Gasteiger partial charge < -0.3 is 41.8 Å². The number of urea groups is 1. The molecule has 1 rings (SSSR count). The van der Waals surface area contributed by atoms with E-state index in [-0.39, 0.29) is 62.2 Å². The number of aldehydes is 1. The molecule has 0 fully saturated rings. The van der Waals surface area contributed by atoms with Gasteiger partial charge in [-0.1, -0.05) is 62.4 Å². The van der Waals surface area contributed by atoms with Crippen LogP contribution in [0.5, 0.6) is 0 Å². The Morgan fingerprint density at radius 1 is 0.955 bits per heavy atom. The number of amides is 5. The van der Waals surface area contributed by atoms with E-state index in [0.29, 0.717) is 42.2 Å². The largest absolute Gasteiger partial charge is 0.461 e. The predicted molar refractivity (Wildman–Crippen MR) is 176 cm³/mol. The zero-order chi connectivity index (χ0) is 33.1. The number of carbonyl (C=O) groups is 6. The average Bonchev–Trinajstić information content (AvgIpc) is 2.99. The highest BCUT2D eigenvalue weighted by Crippen LogP contribution is 2.17. The van der Waals surface area contributed by atoms with E-state index in [1.54, 1.807) is 52.0 Å². The van der Waals surface area contributed by atoms with Crippen LogP contribution < -0.4 is 32.3 Å². The van der Waals surface area contributed by atoms with E-state index in [1.165, 1.54) is 0 Å². The molecule has 2 unspecified atom stereocenters. The van der Waals surface area contributed by atoms with Crippen LogP contribution in [0.1, 0.15) is 65.4 Å². The first-order valence-corrected chi connectivity index (χ1v) is 16.3. The SMILES string of the molecule is CC(C)C(=O)OCc1ccc(NCC(C=O)(CCCNC(N)=O)NC(=O)C(NC(=O)CCCCNC(=O)CI)C(C)C)cc1. The summed E-state index contributed by atoms with van der Waals surface area (Å²) >= 11 is 1.97. The fraction of sp³-hybridized carbons (Fsp3) is 0.600. The van der Waals surface area contributed by atoms with Gasteiger partial charge in [0.15, 0.2) is 0 Å². The zero-order valence-electron chi connectivity index (χ0n) is 26.0. The molecule has 1 aromatic carbocycles. The number of benzene rings is 1. The first-order valence-electron chi connectivity index (χ1n) is 14.8. The molecule has 7 N–H and O–H groups in total. The van der Waals surface area contributed by atoms with Gasteiger partial charge in [-0.25, -0.2) is 4.79 Å². The molecule has 2 atom stereocenters. The number of halogens is 1. The summed E-state index contributed by atoms with van der Waals surface area (Å²) < 4.78 is 5.62. The number of nitrogens with one attached hydrogen (secondary N) is 5. The molecule has 0 aliphatic heterocycles. The number of anilines is 1. The van der Waals surface area contributed by atoms with Gasteiger partial charge >= 0.3 is 12.0 Å². The summed E-state index contributed by atoms with van der Waals surface area (Å²) in [6.45, 7) is 7.94. The normalized spacial score (nSPS) is 12.9. The van der Waals surface area contributed by atoms with Crippen LogP contribution in [-0.4, -0.2) is 71.7 Å². The van der Waals surface area contributed by atoms with E-state index in [1.807, 2.05) is 22.6 Å². The third-order valence-corrected chi connectivity index (χ3v) is 7.34. The highest BCUT2D eigenvalue weighted by molar-refractivity contribution is 14.1. The summed E-state index contributed by atoms with van der Waals surface area (Å²) in [5.41, 5.74) is 5.25. The monoisotopic (exact) mass is 730 g/mol. The highest BCUT2D eigenvalue weighted by atomic mass is 127. The van der Waals surface area contributed by atoms with Crippen LogP contribution in [0, 0.1) is 11.8 Å². The van der Waals surface area contributed by atoms with Crippen molar-refractivity contribution < 1.29 is 33.5 Å². The topological polar surface area (TPSA) is 198 Å². The molecule has 0 bridgehead atoms. The minimum atomic E-state index is -1.36. The van der Waals surface area contributed by atoms with Crippen molar-refractivity contribution in [3.05, 3.63) is 29.8 Å². The van der Waals surface area contributed by atoms with Crippen molar-refractivity contribution in [2.24, 2.45) is 17.6 Å². The van der Waals surface area contributed by atoms with Crippen LogP contribution >= 0.6 is 22.6 Å². The number of nitrogens with two attached hydrogens (primary N) is 1. The Balaban J connectivity index is 2.91. The van der Waals surface area contributed by atoms with Crippen LogP contribution in [0.4, 0.5) is 10.5 Å². The Bertz CT molecular complexity index is 1100. The minimum absolute atomic E-state index is 0.0300. The molecule has 0 radical (unpaired) electrons. The molecule has 0 aliphatic rings. The summed E-state index contributed by atoms with van der Waals surface area (Å²) in [5.74, 6) is -1.67. The van der Waals surface area contributed by atoms with E-state index in [0.717, 1.165) is 5.56 Å². The molecule has 1 aromatic rings. The molecule has 0 spiro atoms. The number of alkyl halides is 1. The number of unbranched alkanes of at least 4 members (excludes halogenated alkanes) is 1. The maximum Gasteiger partial charge on any atom is 0.312 e. The second kappa shape index (κ2) is 20.5. The number of primary amides is 1. The van der Waals surface area contributed by atoms with Gasteiger partial charge in [0.05, 0.1) is 10.3 Å². The van der Waals surface area contributed by atoms with Crippen molar-refractivity contribution in [2.45, 2.75) is 78.0 Å². The zero-order valence-corrected chi connectivity index (χ0v) is 28.2. The van der Waals surface area contributed by atoms with Gasteiger partial charge in [0.25, 0.3) is 0 Å². The highest BCUT2D eigenvalue weighted by Gasteiger charge is 2.35. The quantitative estimate of drug-likeness (QED) is 0.0364. The fourth-order valence-electron chi connectivity index (χ4n) is 4.03. The van der Waals surface area contributed by atoms with Crippen LogP contribution in [0.15, 0.2) is 24.3 Å². The molecule has 0 aromatic heterocycles. The van der Waals surface area contributed by atoms with Gasteiger partial charge in [-0.3, -0.25) is 19.2 Å². The second-order valence-corrected chi connectivity index (χ2v) is 12.0. The van der Waals surface area contributed by atoms with Crippen molar-refractivity contribution in [3.63, 3.8) is 0 Å². The van der Waals surface area contributed by atoms with E-state index in [9.17, 15) is 28.8 Å².